The molecule has 0 aliphatic rings. The largest absolute Gasteiger partial charge is 0.396 e. The number of aryl methyl sites for hydroxylation is 2. The lowest BCUT2D eigenvalue weighted by Gasteiger charge is -2.08. The standard InChI is InChI=1S/C12H17NO2/c1-9-5-6-10(2)11(8-9)13-12(15)4-3-7-14/h5-6,8,14H,3-4,7H2,1-2H3,(H,13,15). The first-order valence-electron chi connectivity index (χ1n) is 5.11. The first-order chi connectivity index (χ1) is 7.13. The third-order valence-electron chi connectivity index (χ3n) is 2.23. The highest BCUT2D eigenvalue weighted by Gasteiger charge is 2.04. The molecule has 0 atom stereocenters. The number of nitrogens with one attached hydrogen (secondary N) is 1. The van der Waals surface area contributed by atoms with Gasteiger partial charge in [-0.05, 0) is 37.5 Å². The molecule has 0 aromatic heterocycles. The number of hydrogen-bond acceptors (Lipinski definition) is 2. The molecule has 0 heterocycles. The maximum absolute atomic E-state index is 11.4. The number of amides is 1. The van der Waals surface area contributed by atoms with Crippen LogP contribution in [0.25, 0.3) is 0 Å². The SMILES string of the molecule is Cc1ccc(C)c(NC(=O)CCCO)c1. The number of hydrogen-bond donors (Lipinski definition) is 2. The predicted molar refractivity (Wildman–Crippen MR) is 60.9 cm³/mol. The van der Waals surface area contributed by atoms with Crippen LogP contribution >= 0.6 is 0 Å². The summed E-state index contributed by atoms with van der Waals surface area (Å²) >= 11 is 0. The molecule has 0 aliphatic carbocycles. The van der Waals surface area contributed by atoms with E-state index in [1.807, 2.05) is 32.0 Å². The highest BCUT2D eigenvalue weighted by atomic mass is 16.3. The van der Waals surface area contributed by atoms with Crippen LogP contribution in [0, 0.1) is 13.8 Å². The smallest absolute Gasteiger partial charge is 0.224 e. The Kier molecular flexibility index (Phi) is 4.31. The van der Waals surface area contributed by atoms with Gasteiger partial charge >= 0.3 is 0 Å². The maximum atomic E-state index is 11.4. The topological polar surface area (TPSA) is 49.3 Å². The van der Waals surface area contributed by atoms with Crippen LogP contribution in [0.4, 0.5) is 5.69 Å². The van der Waals surface area contributed by atoms with E-state index in [4.69, 9.17) is 5.11 Å². The van der Waals surface area contributed by atoms with Gasteiger partial charge in [0, 0.05) is 18.7 Å². The van der Waals surface area contributed by atoms with E-state index in [0.29, 0.717) is 12.8 Å². The molecule has 3 heteroatoms. The monoisotopic (exact) mass is 207 g/mol. The van der Waals surface area contributed by atoms with Crippen molar-refractivity contribution in [3.05, 3.63) is 29.3 Å². The van der Waals surface area contributed by atoms with Gasteiger partial charge in [0.2, 0.25) is 5.91 Å². The number of aliphatic hydroxyl groups is 1. The summed E-state index contributed by atoms with van der Waals surface area (Å²) in [5, 5.41) is 11.4. The molecule has 15 heavy (non-hydrogen) atoms. The Balaban J connectivity index is 2.63. The van der Waals surface area contributed by atoms with Gasteiger partial charge in [0.15, 0.2) is 0 Å². The van der Waals surface area contributed by atoms with Gasteiger partial charge < -0.3 is 10.4 Å². The highest BCUT2D eigenvalue weighted by molar-refractivity contribution is 5.91. The van der Waals surface area contributed by atoms with Crippen LogP contribution in [0.5, 0.6) is 0 Å². The van der Waals surface area contributed by atoms with Gasteiger partial charge in [-0.15, -0.1) is 0 Å². The Hall–Kier alpha value is -1.35. The van der Waals surface area contributed by atoms with Gasteiger partial charge in [0.05, 0.1) is 0 Å². The van der Waals surface area contributed by atoms with Gasteiger partial charge in [-0.2, -0.15) is 0 Å². The molecular weight excluding hydrogens is 190 g/mol. The second-order valence-electron chi connectivity index (χ2n) is 3.69. The molecule has 0 radical (unpaired) electrons. The molecule has 0 saturated carbocycles. The molecule has 0 fully saturated rings. The van der Waals surface area contributed by atoms with Crippen molar-refractivity contribution >= 4 is 11.6 Å². The van der Waals surface area contributed by atoms with Crippen LogP contribution in [0.3, 0.4) is 0 Å². The van der Waals surface area contributed by atoms with Gasteiger partial charge in [-0.1, -0.05) is 12.1 Å². The summed E-state index contributed by atoms with van der Waals surface area (Å²) < 4.78 is 0. The van der Waals surface area contributed by atoms with Crippen molar-refractivity contribution in [2.75, 3.05) is 11.9 Å². The summed E-state index contributed by atoms with van der Waals surface area (Å²) in [6, 6.07) is 5.95. The van der Waals surface area contributed by atoms with Crippen molar-refractivity contribution in [2.24, 2.45) is 0 Å². The minimum atomic E-state index is -0.0437. The molecule has 82 valence electrons. The van der Waals surface area contributed by atoms with E-state index in [1.54, 1.807) is 0 Å². The van der Waals surface area contributed by atoms with Gasteiger partial charge in [0.25, 0.3) is 0 Å². The highest BCUT2D eigenvalue weighted by Crippen LogP contribution is 2.16. The molecular formula is C12H17NO2. The average molecular weight is 207 g/mol. The van der Waals surface area contributed by atoms with E-state index in [-0.39, 0.29) is 12.5 Å². The fourth-order valence-corrected chi connectivity index (χ4v) is 1.32. The quantitative estimate of drug-likeness (QED) is 0.793. The van der Waals surface area contributed by atoms with Crippen LogP contribution in [0.1, 0.15) is 24.0 Å². The van der Waals surface area contributed by atoms with Crippen molar-refractivity contribution in [1.29, 1.82) is 0 Å². The maximum Gasteiger partial charge on any atom is 0.224 e. The number of aliphatic hydroxyl groups excluding tert-OH is 1. The van der Waals surface area contributed by atoms with E-state index in [1.165, 1.54) is 0 Å². The average Bonchev–Trinajstić information content (AvgIpc) is 2.20. The molecule has 2 N–H and O–H groups in total. The Morgan fingerprint density at radius 2 is 2.13 bits per heavy atom. The van der Waals surface area contributed by atoms with Gasteiger partial charge in [0.1, 0.15) is 0 Å². The fourth-order valence-electron chi connectivity index (χ4n) is 1.32. The molecule has 1 rings (SSSR count). The summed E-state index contributed by atoms with van der Waals surface area (Å²) in [5.41, 5.74) is 3.04. The minimum Gasteiger partial charge on any atom is -0.396 e. The summed E-state index contributed by atoms with van der Waals surface area (Å²) in [6.45, 7) is 4.00. The molecule has 0 saturated heterocycles. The van der Waals surface area contributed by atoms with Gasteiger partial charge in [-0.3, -0.25) is 4.79 Å². The fraction of sp³-hybridized carbons (Fsp3) is 0.417. The molecule has 0 bridgehead atoms. The van der Waals surface area contributed by atoms with Crippen molar-refractivity contribution in [2.45, 2.75) is 26.7 Å². The van der Waals surface area contributed by atoms with Crippen LogP contribution in [0.15, 0.2) is 18.2 Å². The van der Waals surface area contributed by atoms with Gasteiger partial charge in [-0.25, -0.2) is 0 Å². The summed E-state index contributed by atoms with van der Waals surface area (Å²) in [4.78, 5) is 11.4. The van der Waals surface area contributed by atoms with Crippen molar-refractivity contribution in [3.8, 4) is 0 Å². The number of carbonyl (C=O) groups is 1. The Labute approximate surface area is 90.1 Å². The number of carbonyl (C=O) groups excluding carboxylic acids is 1. The van der Waals surface area contributed by atoms with Crippen LogP contribution in [-0.4, -0.2) is 17.6 Å². The number of benzene rings is 1. The first-order valence-corrected chi connectivity index (χ1v) is 5.11. The van der Waals surface area contributed by atoms with E-state index in [0.717, 1.165) is 16.8 Å². The zero-order chi connectivity index (χ0) is 11.3. The predicted octanol–water partition coefficient (Wildman–Crippen LogP) is 2.01. The lowest BCUT2D eigenvalue weighted by Crippen LogP contribution is -2.12. The van der Waals surface area contributed by atoms with Crippen molar-refractivity contribution < 1.29 is 9.90 Å². The molecule has 1 amide bonds. The zero-order valence-corrected chi connectivity index (χ0v) is 9.21. The van der Waals surface area contributed by atoms with Crippen LogP contribution < -0.4 is 5.32 Å². The third-order valence-corrected chi connectivity index (χ3v) is 2.23. The molecule has 1 aromatic carbocycles. The van der Waals surface area contributed by atoms with E-state index >= 15 is 0 Å². The number of rotatable bonds is 4. The zero-order valence-electron chi connectivity index (χ0n) is 9.21. The molecule has 3 nitrogen and oxygen atoms in total. The second kappa shape index (κ2) is 5.51. The molecule has 1 aromatic rings. The van der Waals surface area contributed by atoms with Crippen LogP contribution in [-0.2, 0) is 4.79 Å². The Morgan fingerprint density at radius 1 is 1.40 bits per heavy atom. The lowest BCUT2D eigenvalue weighted by atomic mass is 10.1. The Morgan fingerprint density at radius 3 is 2.80 bits per heavy atom. The molecule has 0 spiro atoms. The summed E-state index contributed by atoms with van der Waals surface area (Å²) in [7, 11) is 0. The molecule has 0 unspecified atom stereocenters. The van der Waals surface area contributed by atoms with Crippen LogP contribution in [0.2, 0.25) is 0 Å². The van der Waals surface area contributed by atoms with E-state index in [9.17, 15) is 4.79 Å². The third kappa shape index (κ3) is 3.72. The minimum absolute atomic E-state index is 0.0437. The normalized spacial score (nSPS) is 10.1. The molecule has 0 aliphatic heterocycles. The van der Waals surface area contributed by atoms with E-state index in [2.05, 4.69) is 5.32 Å². The number of anilines is 1. The first kappa shape index (κ1) is 11.7. The summed E-state index contributed by atoms with van der Waals surface area (Å²) in [6.07, 6.45) is 0.876. The Bertz CT molecular complexity index is 347. The van der Waals surface area contributed by atoms with Crippen molar-refractivity contribution in [3.63, 3.8) is 0 Å². The second-order valence-corrected chi connectivity index (χ2v) is 3.69. The van der Waals surface area contributed by atoms with Crippen molar-refractivity contribution in [1.82, 2.24) is 0 Å². The summed E-state index contributed by atoms with van der Waals surface area (Å²) in [5.74, 6) is -0.0437. The van der Waals surface area contributed by atoms with E-state index < -0.39 is 0 Å². The lowest BCUT2D eigenvalue weighted by molar-refractivity contribution is -0.116.